The lowest BCUT2D eigenvalue weighted by atomic mass is 10.2. The number of ether oxygens (including phenoxy) is 1. The Morgan fingerprint density at radius 2 is 1.97 bits per heavy atom. The van der Waals surface area contributed by atoms with E-state index in [4.69, 9.17) is 4.74 Å². The molecule has 29 heavy (non-hydrogen) atoms. The summed E-state index contributed by atoms with van der Waals surface area (Å²) in [6, 6.07) is 10.3. The molecule has 0 saturated carbocycles. The molecule has 1 aromatic heterocycles. The van der Waals surface area contributed by atoms with E-state index >= 15 is 0 Å². The van der Waals surface area contributed by atoms with Crippen LogP contribution >= 0.6 is 0 Å². The molecule has 9 heteroatoms. The van der Waals surface area contributed by atoms with E-state index in [1.807, 2.05) is 26.0 Å². The zero-order valence-electron chi connectivity index (χ0n) is 17.4. The summed E-state index contributed by atoms with van der Waals surface area (Å²) < 4.78 is 31.9. The summed E-state index contributed by atoms with van der Waals surface area (Å²) in [5, 5.41) is 4.55. The number of sulfonamides is 1. The van der Waals surface area contributed by atoms with Crippen molar-refractivity contribution in [2.24, 2.45) is 4.99 Å². The summed E-state index contributed by atoms with van der Waals surface area (Å²) in [5.74, 6) is 0.808. The van der Waals surface area contributed by atoms with Crippen LogP contribution in [0.5, 0.6) is 0 Å². The number of fused-ring (bicyclic) bond motifs is 1. The molecule has 1 aromatic carbocycles. The van der Waals surface area contributed by atoms with Crippen molar-refractivity contribution in [2.75, 3.05) is 45.6 Å². The van der Waals surface area contributed by atoms with Gasteiger partial charge in [0.25, 0.3) is 0 Å². The summed E-state index contributed by atoms with van der Waals surface area (Å²) in [4.78, 5) is 9.86. The van der Waals surface area contributed by atoms with Gasteiger partial charge in [0.05, 0.1) is 25.0 Å². The molecular formula is C20H31N5O3S. The summed E-state index contributed by atoms with van der Waals surface area (Å²) in [7, 11) is -1.54. The molecular weight excluding hydrogens is 390 g/mol. The lowest BCUT2D eigenvalue weighted by Crippen LogP contribution is -2.54. The van der Waals surface area contributed by atoms with E-state index in [1.54, 1.807) is 11.4 Å². The van der Waals surface area contributed by atoms with Crippen LogP contribution in [-0.2, 0) is 21.3 Å². The van der Waals surface area contributed by atoms with Gasteiger partial charge in [-0.2, -0.15) is 4.31 Å². The van der Waals surface area contributed by atoms with Crippen molar-refractivity contribution in [3.8, 4) is 0 Å². The van der Waals surface area contributed by atoms with Gasteiger partial charge in [0.1, 0.15) is 0 Å². The van der Waals surface area contributed by atoms with Crippen molar-refractivity contribution in [2.45, 2.75) is 26.5 Å². The van der Waals surface area contributed by atoms with E-state index in [0.717, 1.165) is 17.2 Å². The average Bonchev–Trinajstić information content (AvgIpc) is 3.11. The lowest BCUT2D eigenvalue weighted by molar-refractivity contribution is 0.0904. The third-order valence-electron chi connectivity index (χ3n) is 4.96. The number of aromatic amines is 1. The molecule has 0 unspecified atom stereocenters. The fourth-order valence-corrected chi connectivity index (χ4v) is 4.72. The van der Waals surface area contributed by atoms with Gasteiger partial charge in [-0.25, -0.2) is 8.42 Å². The fraction of sp³-hybridized carbons (Fsp3) is 0.550. The Morgan fingerprint density at radius 3 is 2.62 bits per heavy atom. The van der Waals surface area contributed by atoms with Gasteiger partial charge >= 0.3 is 0 Å². The molecule has 0 bridgehead atoms. The predicted molar refractivity (Wildman–Crippen MR) is 117 cm³/mol. The van der Waals surface area contributed by atoms with Gasteiger partial charge in [-0.3, -0.25) is 4.99 Å². The molecule has 1 saturated heterocycles. The topological polar surface area (TPSA) is 90.0 Å². The Labute approximate surface area is 173 Å². The van der Waals surface area contributed by atoms with Crippen LogP contribution in [0.1, 0.15) is 19.5 Å². The first kappa shape index (κ1) is 21.6. The second-order valence-corrected chi connectivity index (χ2v) is 9.49. The Hall–Kier alpha value is -2.10. The highest BCUT2D eigenvalue weighted by Crippen LogP contribution is 2.15. The highest BCUT2D eigenvalue weighted by Gasteiger charge is 2.28. The molecule has 2 heterocycles. The Kier molecular flexibility index (Phi) is 7.15. The number of aliphatic imine (C=N–C) groups is 1. The molecule has 2 aromatic rings. The van der Waals surface area contributed by atoms with Crippen molar-refractivity contribution in [3.05, 3.63) is 36.0 Å². The lowest BCUT2D eigenvalue weighted by Gasteiger charge is -2.35. The highest BCUT2D eigenvalue weighted by atomic mass is 32.2. The van der Waals surface area contributed by atoms with Gasteiger partial charge in [-0.15, -0.1) is 0 Å². The largest absolute Gasteiger partial charge is 0.378 e. The van der Waals surface area contributed by atoms with Crippen molar-refractivity contribution in [1.29, 1.82) is 0 Å². The number of rotatable bonds is 7. The second-order valence-electron chi connectivity index (χ2n) is 7.40. The maximum Gasteiger partial charge on any atom is 0.216 e. The number of H-pyrrole nitrogens is 1. The highest BCUT2D eigenvalue weighted by molar-refractivity contribution is 7.89. The molecule has 2 N–H and O–H groups in total. The molecule has 0 atom stereocenters. The van der Waals surface area contributed by atoms with Crippen LogP contribution in [0.25, 0.3) is 10.9 Å². The van der Waals surface area contributed by atoms with E-state index in [9.17, 15) is 8.42 Å². The van der Waals surface area contributed by atoms with Gasteiger partial charge < -0.3 is 19.9 Å². The number of aromatic nitrogens is 1. The monoisotopic (exact) mass is 421 g/mol. The van der Waals surface area contributed by atoms with Crippen LogP contribution in [0.2, 0.25) is 0 Å². The summed E-state index contributed by atoms with van der Waals surface area (Å²) in [6.45, 7) is 6.79. The zero-order valence-corrected chi connectivity index (χ0v) is 18.2. The van der Waals surface area contributed by atoms with E-state index in [0.29, 0.717) is 32.7 Å². The molecule has 160 valence electrons. The zero-order chi connectivity index (χ0) is 20.9. The van der Waals surface area contributed by atoms with Gasteiger partial charge in [0.15, 0.2) is 5.96 Å². The van der Waals surface area contributed by atoms with E-state index < -0.39 is 10.0 Å². The summed E-state index contributed by atoms with van der Waals surface area (Å²) >= 11 is 0. The standard InChI is InChI=1S/C20H31N5O3S/c1-16(2)28-12-13-29(26,27)25-10-8-24(9-11-25)20(21-3)22-15-18-14-17-6-4-5-7-19(17)23-18/h4-7,14,16,23H,8-13,15H2,1-3H3,(H,21,22). The van der Waals surface area contributed by atoms with Crippen LogP contribution in [0.15, 0.2) is 35.3 Å². The van der Waals surface area contributed by atoms with E-state index in [1.165, 1.54) is 5.39 Å². The van der Waals surface area contributed by atoms with Crippen LogP contribution < -0.4 is 5.32 Å². The third kappa shape index (κ3) is 5.71. The molecule has 1 fully saturated rings. The number of guanidine groups is 1. The summed E-state index contributed by atoms with van der Waals surface area (Å²) in [5.41, 5.74) is 2.19. The first-order valence-corrected chi connectivity index (χ1v) is 11.6. The number of nitrogens with zero attached hydrogens (tertiary/aromatic N) is 3. The Bertz CT molecular complexity index is 897. The smallest absolute Gasteiger partial charge is 0.216 e. The quantitative estimate of drug-likeness (QED) is 0.524. The van der Waals surface area contributed by atoms with Gasteiger partial charge in [0, 0.05) is 44.4 Å². The normalized spacial score (nSPS) is 16.7. The number of hydrogen-bond donors (Lipinski definition) is 2. The maximum atomic E-state index is 12.5. The molecule has 0 amide bonds. The fourth-order valence-electron chi connectivity index (χ4n) is 3.43. The van der Waals surface area contributed by atoms with Crippen LogP contribution in [0.4, 0.5) is 0 Å². The van der Waals surface area contributed by atoms with Crippen LogP contribution in [0, 0.1) is 0 Å². The van der Waals surface area contributed by atoms with Crippen molar-refractivity contribution >= 4 is 26.9 Å². The van der Waals surface area contributed by atoms with Crippen molar-refractivity contribution < 1.29 is 13.2 Å². The Balaban J connectivity index is 1.50. The molecule has 0 aliphatic carbocycles. The molecule has 1 aliphatic heterocycles. The van der Waals surface area contributed by atoms with Gasteiger partial charge in [-0.1, -0.05) is 18.2 Å². The number of hydrogen-bond acceptors (Lipinski definition) is 4. The molecule has 0 radical (unpaired) electrons. The van der Waals surface area contributed by atoms with Crippen molar-refractivity contribution in [3.63, 3.8) is 0 Å². The molecule has 8 nitrogen and oxygen atoms in total. The minimum absolute atomic E-state index is 0.0263. The minimum Gasteiger partial charge on any atom is -0.378 e. The first-order chi connectivity index (χ1) is 13.9. The number of para-hydroxylation sites is 1. The number of nitrogens with one attached hydrogen (secondary N) is 2. The van der Waals surface area contributed by atoms with E-state index in [2.05, 4.69) is 38.4 Å². The second kappa shape index (κ2) is 9.60. The van der Waals surface area contributed by atoms with Crippen LogP contribution in [-0.4, -0.2) is 80.3 Å². The average molecular weight is 422 g/mol. The molecule has 1 aliphatic rings. The molecule has 0 spiro atoms. The number of benzene rings is 1. The summed E-state index contributed by atoms with van der Waals surface area (Å²) in [6.07, 6.45) is 0.0358. The Morgan fingerprint density at radius 1 is 1.24 bits per heavy atom. The third-order valence-corrected chi connectivity index (χ3v) is 6.79. The van der Waals surface area contributed by atoms with E-state index in [-0.39, 0.29) is 18.5 Å². The maximum absolute atomic E-state index is 12.5. The SMILES string of the molecule is CN=C(NCc1cc2ccccc2[nH]1)N1CCN(S(=O)(=O)CCOC(C)C)CC1. The minimum atomic E-state index is -3.29. The van der Waals surface area contributed by atoms with Gasteiger partial charge in [0.2, 0.25) is 10.0 Å². The van der Waals surface area contributed by atoms with Crippen molar-refractivity contribution in [1.82, 2.24) is 19.5 Å². The number of piperazine rings is 1. The van der Waals surface area contributed by atoms with Gasteiger partial charge in [-0.05, 0) is 31.4 Å². The first-order valence-electron chi connectivity index (χ1n) is 10.0. The molecule has 3 rings (SSSR count). The van der Waals surface area contributed by atoms with Crippen LogP contribution in [0.3, 0.4) is 0 Å². The predicted octanol–water partition coefficient (Wildman–Crippen LogP) is 1.62.